The lowest BCUT2D eigenvalue weighted by Gasteiger charge is -2.12. The first-order valence-corrected chi connectivity index (χ1v) is 8.39. The van der Waals surface area contributed by atoms with E-state index < -0.39 is 0 Å². The molecule has 0 radical (unpaired) electrons. The summed E-state index contributed by atoms with van der Waals surface area (Å²) in [5.41, 5.74) is 8.61. The lowest BCUT2D eigenvalue weighted by molar-refractivity contribution is 0.102. The third kappa shape index (κ3) is 4.97. The van der Waals surface area contributed by atoms with Gasteiger partial charge in [-0.1, -0.05) is 15.9 Å². The molecule has 0 aliphatic carbocycles. The van der Waals surface area contributed by atoms with E-state index in [1.807, 2.05) is 13.0 Å². The summed E-state index contributed by atoms with van der Waals surface area (Å²) in [5.74, 6) is 0.505. The van der Waals surface area contributed by atoms with Crippen molar-refractivity contribution < 1.29 is 14.3 Å². The van der Waals surface area contributed by atoms with Gasteiger partial charge in [-0.25, -0.2) is 0 Å². The second-order valence-electron chi connectivity index (χ2n) is 5.36. The third-order valence-electron chi connectivity index (χ3n) is 3.48. The van der Waals surface area contributed by atoms with Crippen LogP contribution in [0.1, 0.15) is 22.3 Å². The summed E-state index contributed by atoms with van der Waals surface area (Å²) in [6.07, 6.45) is 0.820. The van der Waals surface area contributed by atoms with Gasteiger partial charge in [-0.05, 0) is 48.9 Å². The number of halogens is 1. The fraction of sp³-hybridized carbons (Fsp3) is 0.278. The van der Waals surface area contributed by atoms with Crippen molar-refractivity contribution in [2.24, 2.45) is 0 Å². The Balaban J connectivity index is 2.00. The predicted octanol–water partition coefficient (Wildman–Crippen LogP) is 4.01. The maximum Gasteiger partial charge on any atom is 0.255 e. The molecule has 0 aromatic heterocycles. The van der Waals surface area contributed by atoms with E-state index in [1.165, 1.54) is 0 Å². The zero-order chi connectivity index (χ0) is 17.5. The summed E-state index contributed by atoms with van der Waals surface area (Å²) in [7, 11) is 1.66. The van der Waals surface area contributed by atoms with Crippen LogP contribution in [-0.2, 0) is 4.74 Å². The smallest absolute Gasteiger partial charge is 0.255 e. The van der Waals surface area contributed by atoms with Gasteiger partial charge < -0.3 is 20.5 Å². The number of carbonyl (C=O) groups excluding carboxylic acids is 1. The van der Waals surface area contributed by atoms with Gasteiger partial charge in [0.1, 0.15) is 5.75 Å². The molecule has 0 spiro atoms. The normalized spacial score (nSPS) is 10.5. The summed E-state index contributed by atoms with van der Waals surface area (Å²) >= 11 is 3.41. The molecular formula is C18H21BrN2O3. The zero-order valence-corrected chi connectivity index (χ0v) is 15.4. The molecule has 2 aromatic carbocycles. The largest absolute Gasteiger partial charge is 0.494 e. The molecule has 3 N–H and O–H groups in total. The van der Waals surface area contributed by atoms with Crippen molar-refractivity contribution in [2.45, 2.75) is 13.3 Å². The van der Waals surface area contributed by atoms with Gasteiger partial charge in [0.05, 0.1) is 18.0 Å². The minimum absolute atomic E-state index is 0.217. The van der Waals surface area contributed by atoms with Crippen LogP contribution in [0.15, 0.2) is 40.9 Å². The molecule has 0 unspecified atom stereocenters. The number of benzene rings is 2. The molecule has 0 aliphatic rings. The highest BCUT2D eigenvalue weighted by Crippen LogP contribution is 2.28. The maximum absolute atomic E-state index is 12.4. The van der Waals surface area contributed by atoms with E-state index >= 15 is 0 Å². The van der Waals surface area contributed by atoms with E-state index in [0.29, 0.717) is 30.2 Å². The molecule has 0 fully saturated rings. The Morgan fingerprint density at radius 2 is 1.92 bits per heavy atom. The Morgan fingerprint density at radius 3 is 2.58 bits per heavy atom. The molecule has 24 heavy (non-hydrogen) atoms. The number of nitrogens with one attached hydrogen (secondary N) is 1. The van der Waals surface area contributed by atoms with E-state index in [2.05, 4.69) is 21.2 Å². The lowest BCUT2D eigenvalue weighted by Crippen LogP contribution is -2.13. The molecule has 5 nitrogen and oxygen atoms in total. The number of carbonyl (C=O) groups is 1. The lowest BCUT2D eigenvalue weighted by atomic mass is 10.1. The number of aryl methyl sites for hydroxylation is 1. The quantitative estimate of drug-likeness (QED) is 0.551. The average Bonchev–Trinajstić information content (AvgIpc) is 2.56. The molecule has 0 atom stereocenters. The highest BCUT2D eigenvalue weighted by Gasteiger charge is 2.10. The van der Waals surface area contributed by atoms with Crippen LogP contribution in [0.5, 0.6) is 5.75 Å². The zero-order valence-electron chi connectivity index (χ0n) is 13.8. The Labute approximate surface area is 150 Å². The molecule has 2 aromatic rings. The fourth-order valence-corrected chi connectivity index (χ4v) is 2.72. The Kier molecular flexibility index (Phi) is 6.63. The minimum Gasteiger partial charge on any atom is -0.494 e. The number of hydrogen-bond donors (Lipinski definition) is 2. The highest BCUT2D eigenvalue weighted by atomic mass is 79.9. The SMILES string of the molecule is COCCCOc1ccc(C(=O)Nc2cc(Br)cc(C)c2N)cc1. The first-order valence-electron chi connectivity index (χ1n) is 7.60. The summed E-state index contributed by atoms with van der Waals surface area (Å²) in [6.45, 7) is 3.13. The molecule has 0 saturated heterocycles. The molecule has 0 bridgehead atoms. The molecule has 1 amide bonds. The van der Waals surface area contributed by atoms with E-state index in [9.17, 15) is 4.79 Å². The maximum atomic E-state index is 12.4. The van der Waals surface area contributed by atoms with E-state index in [-0.39, 0.29) is 5.91 Å². The Hall–Kier alpha value is -2.05. The van der Waals surface area contributed by atoms with Crippen molar-refractivity contribution in [1.29, 1.82) is 0 Å². The first kappa shape index (κ1) is 18.3. The number of hydrogen-bond acceptors (Lipinski definition) is 4. The van der Waals surface area contributed by atoms with Crippen molar-refractivity contribution in [3.63, 3.8) is 0 Å². The predicted molar refractivity (Wildman–Crippen MR) is 99.7 cm³/mol. The van der Waals surface area contributed by atoms with Gasteiger partial charge in [-0.3, -0.25) is 4.79 Å². The van der Waals surface area contributed by atoms with E-state index in [1.54, 1.807) is 37.4 Å². The molecular weight excluding hydrogens is 372 g/mol. The van der Waals surface area contributed by atoms with Gasteiger partial charge in [-0.2, -0.15) is 0 Å². The first-order chi connectivity index (χ1) is 11.5. The molecule has 0 heterocycles. The molecule has 6 heteroatoms. The highest BCUT2D eigenvalue weighted by molar-refractivity contribution is 9.10. The topological polar surface area (TPSA) is 73.6 Å². The van der Waals surface area contributed by atoms with Crippen molar-refractivity contribution in [2.75, 3.05) is 31.4 Å². The van der Waals surface area contributed by atoms with Gasteiger partial charge in [-0.15, -0.1) is 0 Å². The number of anilines is 2. The van der Waals surface area contributed by atoms with Gasteiger partial charge >= 0.3 is 0 Å². The number of rotatable bonds is 7. The summed E-state index contributed by atoms with van der Waals surface area (Å²) in [5, 5.41) is 2.84. The van der Waals surface area contributed by atoms with Crippen molar-refractivity contribution in [1.82, 2.24) is 0 Å². The third-order valence-corrected chi connectivity index (χ3v) is 3.94. The van der Waals surface area contributed by atoms with Crippen LogP contribution in [-0.4, -0.2) is 26.2 Å². The van der Waals surface area contributed by atoms with Crippen molar-refractivity contribution >= 4 is 33.2 Å². The van der Waals surface area contributed by atoms with Gasteiger partial charge in [0.15, 0.2) is 0 Å². The van der Waals surface area contributed by atoms with Crippen LogP contribution in [0.4, 0.5) is 11.4 Å². The second-order valence-corrected chi connectivity index (χ2v) is 6.27. The van der Waals surface area contributed by atoms with Crippen LogP contribution in [0.25, 0.3) is 0 Å². The number of nitrogen functional groups attached to an aromatic ring is 1. The average molecular weight is 393 g/mol. The Bertz CT molecular complexity index is 702. The van der Waals surface area contributed by atoms with Crippen LogP contribution < -0.4 is 15.8 Å². The summed E-state index contributed by atoms with van der Waals surface area (Å²) in [4.78, 5) is 12.4. The standard InChI is InChI=1S/C18H21BrN2O3/c1-12-10-14(19)11-16(17(12)20)21-18(22)13-4-6-15(7-5-13)24-9-3-8-23-2/h4-7,10-11H,3,8-9,20H2,1-2H3,(H,21,22). The monoisotopic (exact) mass is 392 g/mol. The van der Waals surface area contributed by atoms with Gasteiger partial charge in [0, 0.05) is 30.2 Å². The minimum atomic E-state index is -0.217. The van der Waals surface area contributed by atoms with Gasteiger partial charge in [0.2, 0.25) is 0 Å². The van der Waals surface area contributed by atoms with Crippen LogP contribution in [0, 0.1) is 6.92 Å². The van der Waals surface area contributed by atoms with Crippen molar-refractivity contribution in [3.05, 3.63) is 52.0 Å². The van der Waals surface area contributed by atoms with Crippen LogP contribution in [0.3, 0.4) is 0 Å². The van der Waals surface area contributed by atoms with E-state index in [4.69, 9.17) is 15.2 Å². The molecule has 2 rings (SSSR count). The van der Waals surface area contributed by atoms with Crippen LogP contribution in [0.2, 0.25) is 0 Å². The van der Waals surface area contributed by atoms with Crippen molar-refractivity contribution in [3.8, 4) is 5.75 Å². The number of amides is 1. The summed E-state index contributed by atoms with van der Waals surface area (Å²) in [6, 6.07) is 10.7. The van der Waals surface area contributed by atoms with E-state index in [0.717, 1.165) is 22.2 Å². The molecule has 128 valence electrons. The Morgan fingerprint density at radius 1 is 1.21 bits per heavy atom. The number of ether oxygens (including phenoxy) is 2. The van der Waals surface area contributed by atoms with Gasteiger partial charge in [0.25, 0.3) is 5.91 Å². The summed E-state index contributed by atoms with van der Waals surface area (Å²) < 4.78 is 11.4. The molecule has 0 aliphatic heterocycles. The number of nitrogens with two attached hydrogens (primary N) is 1. The second kappa shape index (κ2) is 8.70. The molecule has 0 saturated carbocycles. The van der Waals surface area contributed by atoms with Crippen LogP contribution >= 0.6 is 15.9 Å². The number of methoxy groups -OCH3 is 1. The fourth-order valence-electron chi connectivity index (χ4n) is 2.15.